The molecular weight excluding hydrogens is 302 g/mol. The maximum Gasteiger partial charge on any atom is 0.0855 e. The summed E-state index contributed by atoms with van der Waals surface area (Å²) in [5.41, 5.74) is 2.55. The molecule has 2 aromatic rings. The lowest BCUT2D eigenvalue weighted by atomic mass is 9.80. The first kappa shape index (κ1) is 15.1. The summed E-state index contributed by atoms with van der Waals surface area (Å²) >= 11 is 0. The van der Waals surface area contributed by atoms with Crippen molar-refractivity contribution in [1.29, 1.82) is 0 Å². The minimum absolute atomic E-state index is 0.386. The molecule has 23 heavy (non-hydrogen) atoms. The van der Waals surface area contributed by atoms with Gasteiger partial charge in [-0.3, -0.25) is 0 Å². The molecule has 2 aromatic carbocycles. The molecule has 0 radical (unpaired) electrons. The van der Waals surface area contributed by atoms with E-state index in [0.717, 1.165) is 22.1 Å². The van der Waals surface area contributed by atoms with Crippen molar-refractivity contribution in [3.63, 3.8) is 0 Å². The Morgan fingerprint density at radius 3 is 2.26 bits per heavy atom. The summed E-state index contributed by atoms with van der Waals surface area (Å²) in [6.07, 6.45) is 3.77. The molecule has 1 saturated heterocycles. The standard InChI is InChI=1S/C20H23NOS/c1-21-12-6-7-15(14-21)13-18-16-8-2-4-10-19(16)23(22)20-11-5-3-9-17(18)20/h2-5,8-11,15,18H,6-7,12-14H2,1H3. The van der Waals surface area contributed by atoms with Gasteiger partial charge in [-0.25, -0.2) is 4.21 Å². The van der Waals surface area contributed by atoms with Gasteiger partial charge in [0.1, 0.15) is 0 Å². The van der Waals surface area contributed by atoms with Gasteiger partial charge in [0.15, 0.2) is 0 Å². The third kappa shape index (κ3) is 2.77. The van der Waals surface area contributed by atoms with Crippen LogP contribution < -0.4 is 0 Å². The maximum absolute atomic E-state index is 12.9. The van der Waals surface area contributed by atoms with Gasteiger partial charge in [-0.2, -0.15) is 0 Å². The number of nitrogens with zero attached hydrogens (tertiary/aromatic N) is 1. The number of hydrogen-bond acceptors (Lipinski definition) is 2. The van der Waals surface area contributed by atoms with E-state index in [4.69, 9.17) is 0 Å². The first-order valence-corrected chi connectivity index (χ1v) is 9.67. The molecule has 0 amide bonds. The molecule has 1 unspecified atom stereocenters. The zero-order valence-corrected chi connectivity index (χ0v) is 14.4. The van der Waals surface area contributed by atoms with Crippen molar-refractivity contribution in [3.05, 3.63) is 59.7 Å². The van der Waals surface area contributed by atoms with Crippen molar-refractivity contribution >= 4 is 10.8 Å². The average Bonchev–Trinajstić information content (AvgIpc) is 2.59. The van der Waals surface area contributed by atoms with Crippen LogP contribution in [0.15, 0.2) is 58.3 Å². The van der Waals surface area contributed by atoms with Crippen LogP contribution in [0.25, 0.3) is 0 Å². The van der Waals surface area contributed by atoms with Crippen molar-refractivity contribution in [2.45, 2.75) is 35.0 Å². The molecule has 0 aromatic heterocycles. The Morgan fingerprint density at radius 1 is 1.04 bits per heavy atom. The SMILES string of the molecule is CN1CCCC(CC2c3ccccc3S(=O)c3ccccc32)C1. The van der Waals surface area contributed by atoms with Crippen molar-refractivity contribution in [1.82, 2.24) is 4.90 Å². The summed E-state index contributed by atoms with van der Waals surface area (Å²) in [6.45, 7) is 2.41. The summed E-state index contributed by atoms with van der Waals surface area (Å²) in [4.78, 5) is 4.48. The van der Waals surface area contributed by atoms with Gasteiger partial charge in [-0.15, -0.1) is 0 Å². The topological polar surface area (TPSA) is 20.3 Å². The van der Waals surface area contributed by atoms with Crippen molar-refractivity contribution in [2.75, 3.05) is 20.1 Å². The number of fused-ring (bicyclic) bond motifs is 2. The highest BCUT2D eigenvalue weighted by Crippen LogP contribution is 2.43. The molecule has 0 N–H and O–H groups in total. The summed E-state index contributed by atoms with van der Waals surface area (Å²) in [5.74, 6) is 1.11. The first-order valence-electron chi connectivity index (χ1n) is 8.52. The Morgan fingerprint density at radius 2 is 1.65 bits per heavy atom. The second-order valence-electron chi connectivity index (χ2n) is 6.90. The highest BCUT2D eigenvalue weighted by Gasteiger charge is 2.32. The van der Waals surface area contributed by atoms with Gasteiger partial charge in [0.05, 0.1) is 10.8 Å². The van der Waals surface area contributed by atoms with Gasteiger partial charge in [-0.1, -0.05) is 36.4 Å². The molecule has 0 bridgehead atoms. The number of hydrogen-bond donors (Lipinski definition) is 0. The molecule has 0 aliphatic carbocycles. The van der Waals surface area contributed by atoms with Crippen molar-refractivity contribution in [2.24, 2.45) is 5.92 Å². The quantitative estimate of drug-likeness (QED) is 0.831. The molecule has 2 aliphatic rings. The fourth-order valence-electron chi connectivity index (χ4n) is 4.21. The number of benzene rings is 2. The lowest BCUT2D eigenvalue weighted by Gasteiger charge is -2.34. The van der Waals surface area contributed by atoms with Crippen LogP contribution in [-0.4, -0.2) is 29.2 Å². The Balaban J connectivity index is 1.74. The summed E-state index contributed by atoms with van der Waals surface area (Å²) in [7, 11) is 1.19. The second-order valence-corrected chi connectivity index (χ2v) is 8.32. The summed E-state index contributed by atoms with van der Waals surface area (Å²) in [6, 6.07) is 16.6. The molecule has 2 nitrogen and oxygen atoms in total. The zero-order chi connectivity index (χ0) is 15.8. The van der Waals surface area contributed by atoms with Crippen LogP contribution in [0.3, 0.4) is 0 Å². The molecule has 1 atom stereocenters. The van der Waals surface area contributed by atoms with Crippen molar-refractivity contribution < 1.29 is 4.21 Å². The van der Waals surface area contributed by atoms with E-state index in [2.05, 4.69) is 36.2 Å². The third-order valence-corrected chi connectivity index (χ3v) is 6.82. The van der Waals surface area contributed by atoms with Gasteiger partial charge < -0.3 is 4.90 Å². The largest absolute Gasteiger partial charge is 0.306 e. The van der Waals surface area contributed by atoms with Crippen molar-refractivity contribution in [3.8, 4) is 0 Å². The van der Waals surface area contributed by atoms with Gasteiger partial charge in [0.2, 0.25) is 0 Å². The number of piperidine rings is 1. The van der Waals surface area contributed by atoms with Gasteiger partial charge in [0, 0.05) is 22.3 Å². The normalized spacial score (nSPS) is 27.3. The van der Waals surface area contributed by atoms with E-state index in [0.29, 0.717) is 5.92 Å². The fourth-order valence-corrected chi connectivity index (χ4v) is 5.70. The van der Waals surface area contributed by atoms with Crippen LogP contribution in [0.1, 0.15) is 36.3 Å². The van der Waals surface area contributed by atoms with E-state index < -0.39 is 10.8 Å². The molecule has 1 fully saturated rings. The lowest BCUT2D eigenvalue weighted by Crippen LogP contribution is -2.33. The average molecular weight is 325 g/mol. The zero-order valence-electron chi connectivity index (χ0n) is 13.6. The van der Waals surface area contributed by atoms with E-state index in [9.17, 15) is 4.21 Å². The lowest BCUT2D eigenvalue weighted by molar-refractivity contribution is 0.197. The maximum atomic E-state index is 12.9. The highest BCUT2D eigenvalue weighted by molar-refractivity contribution is 7.85. The fraction of sp³-hybridized carbons (Fsp3) is 0.400. The van der Waals surface area contributed by atoms with E-state index in [1.807, 2.05) is 24.3 Å². The number of likely N-dealkylation sites (tertiary alicyclic amines) is 1. The molecule has 2 heterocycles. The van der Waals surface area contributed by atoms with E-state index in [-0.39, 0.29) is 0 Å². The third-order valence-electron chi connectivity index (χ3n) is 5.28. The van der Waals surface area contributed by atoms with Crippen LogP contribution in [0.4, 0.5) is 0 Å². The Hall–Kier alpha value is -1.45. The molecule has 4 rings (SSSR count). The second kappa shape index (κ2) is 6.21. The summed E-state index contributed by atoms with van der Waals surface area (Å²) < 4.78 is 12.9. The molecule has 2 aliphatic heterocycles. The molecular formula is C20H23NOS. The van der Waals surface area contributed by atoms with Crippen LogP contribution in [0.2, 0.25) is 0 Å². The molecule has 0 saturated carbocycles. The Bertz CT molecular complexity index is 692. The van der Waals surface area contributed by atoms with Crippen LogP contribution >= 0.6 is 0 Å². The van der Waals surface area contributed by atoms with E-state index >= 15 is 0 Å². The van der Waals surface area contributed by atoms with Gasteiger partial charge in [-0.05, 0) is 62.0 Å². The number of rotatable bonds is 2. The molecule has 3 heteroatoms. The molecule has 0 spiro atoms. The monoisotopic (exact) mass is 325 g/mol. The van der Waals surface area contributed by atoms with Gasteiger partial charge in [0.25, 0.3) is 0 Å². The summed E-state index contributed by atoms with van der Waals surface area (Å²) in [5, 5.41) is 0. The van der Waals surface area contributed by atoms with E-state index in [1.54, 1.807) is 0 Å². The van der Waals surface area contributed by atoms with E-state index in [1.165, 1.54) is 37.1 Å². The highest BCUT2D eigenvalue weighted by atomic mass is 32.2. The van der Waals surface area contributed by atoms with Crippen LogP contribution in [-0.2, 0) is 10.8 Å². The van der Waals surface area contributed by atoms with Crippen LogP contribution in [0.5, 0.6) is 0 Å². The smallest absolute Gasteiger partial charge is 0.0855 e. The molecule has 120 valence electrons. The first-order chi connectivity index (χ1) is 11.2. The Labute approximate surface area is 141 Å². The minimum atomic E-state index is -1.03. The predicted molar refractivity (Wildman–Crippen MR) is 94.2 cm³/mol. The predicted octanol–water partition coefficient (Wildman–Crippen LogP) is 4.03. The van der Waals surface area contributed by atoms with Crippen LogP contribution in [0, 0.1) is 5.92 Å². The minimum Gasteiger partial charge on any atom is -0.306 e. The van der Waals surface area contributed by atoms with Gasteiger partial charge >= 0.3 is 0 Å². The Kier molecular flexibility index (Phi) is 4.08.